The normalized spacial score (nSPS) is 12.2. The van der Waals surface area contributed by atoms with Crippen molar-refractivity contribution in [2.45, 2.75) is 13.0 Å². The maximum atomic E-state index is 6.00. The molecule has 1 atom stereocenters. The fourth-order valence-electron chi connectivity index (χ4n) is 1.24. The first kappa shape index (κ1) is 14.7. The van der Waals surface area contributed by atoms with Gasteiger partial charge in [0, 0.05) is 19.2 Å². The molecule has 0 fully saturated rings. The van der Waals surface area contributed by atoms with E-state index in [-0.39, 0.29) is 6.10 Å². The predicted molar refractivity (Wildman–Crippen MR) is 74.6 cm³/mol. The number of hydrogen-bond acceptors (Lipinski definition) is 2. The highest BCUT2D eigenvalue weighted by atomic mass is 35.5. The van der Waals surface area contributed by atoms with Crippen molar-refractivity contribution in [1.82, 2.24) is 5.32 Å². The molecule has 0 bridgehead atoms. The zero-order valence-corrected chi connectivity index (χ0v) is 11.7. The lowest BCUT2D eigenvalue weighted by Gasteiger charge is -2.16. The van der Waals surface area contributed by atoms with Crippen molar-refractivity contribution in [3.63, 3.8) is 0 Å². The number of halogens is 3. The van der Waals surface area contributed by atoms with Crippen LogP contribution in [0.1, 0.15) is 6.92 Å². The van der Waals surface area contributed by atoms with E-state index in [0.29, 0.717) is 27.4 Å². The van der Waals surface area contributed by atoms with Crippen LogP contribution in [0.25, 0.3) is 0 Å². The van der Waals surface area contributed by atoms with Crippen LogP contribution in [0.15, 0.2) is 24.8 Å². The van der Waals surface area contributed by atoms with E-state index in [4.69, 9.17) is 39.5 Å². The summed E-state index contributed by atoms with van der Waals surface area (Å²) in [4.78, 5) is 0. The fourth-order valence-corrected chi connectivity index (χ4v) is 1.82. The average Bonchev–Trinajstić information content (AvgIpc) is 2.26. The minimum atomic E-state index is -0.0234. The van der Waals surface area contributed by atoms with E-state index >= 15 is 0 Å². The summed E-state index contributed by atoms with van der Waals surface area (Å²) in [5.74, 6) is 0.536. The molecule has 5 heteroatoms. The van der Waals surface area contributed by atoms with Gasteiger partial charge in [0.15, 0.2) is 0 Å². The second kappa shape index (κ2) is 7.12. The van der Waals surface area contributed by atoms with E-state index in [1.807, 2.05) is 6.92 Å². The van der Waals surface area contributed by atoms with Crippen molar-refractivity contribution in [2.24, 2.45) is 0 Å². The van der Waals surface area contributed by atoms with E-state index in [1.54, 1.807) is 18.2 Å². The van der Waals surface area contributed by atoms with Gasteiger partial charge < -0.3 is 10.1 Å². The molecule has 0 aliphatic rings. The van der Waals surface area contributed by atoms with Crippen LogP contribution >= 0.6 is 34.8 Å². The number of ether oxygens (including phenoxy) is 1. The fraction of sp³-hybridized carbons (Fsp3) is 0.333. The van der Waals surface area contributed by atoms with Crippen molar-refractivity contribution >= 4 is 34.8 Å². The zero-order chi connectivity index (χ0) is 12.8. The second-order valence-electron chi connectivity index (χ2n) is 3.57. The van der Waals surface area contributed by atoms with Gasteiger partial charge in [-0.1, -0.05) is 40.9 Å². The number of nitrogens with one attached hydrogen (secondary N) is 1. The van der Waals surface area contributed by atoms with Crippen LogP contribution in [0.4, 0.5) is 0 Å². The third kappa shape index (κ3) is 4.76. The van der Waals surface area contributed by atoms with Gasteiger partial charge in [-0.25, -0.2) is 0 Å². The molecule has 0 aromatic heterocycles. The molecule has 0 radical (unpaired) electrons. The Morgan fingerprint density at radius 1 is 1.29 bits per heavy atom. The standard InChI is InChI=1S/C12H14Cl3NO/c1-3-4-16-7-8(2)17-12-6-10(14)9(13)5-11(12)15/h3,5-6,8,16H,1,4,7H2,2H3. The average molecular weight is 295 g/mol. The molecule has 2 nitrogen and oxygen atoms in total. The third-order valence-electron chi connectivity index (χ3n) is 2.02. The quantitative estimate of drug-likeness (QED) is 0.482. The molecule has 0 aliphatic heterocycles. The first-order valence-electron chi connectivity index (χ1n) is 5.17. The van der Waals surface area contributed by atoms with E-state index in [9.17, 15) is 0 Å². The third-order valence-corrected chi connectivity index (χ3v) is 3.04. The lowest BCUT2D eigenvalue weighted by atomic mass is 10.3. The van der Waals surface area contributed by atoms with Crippen molar-refractivity contribution in [2.75, 3.05) is 13.1 Å². The lowest BCUT2D eigenvalue weighted by Crippen LogP contribution is -2.29. The summed E-state index contributed by atoms with van der Waals surface area (Å²) in [6.07, 6.45) is 1.77. The molecule has 94 valence electrons. The van der Waals surface area contributed by atoms with Gasteiger partial charge in [0.05, 0.1) is 15.1 Å². The highest BCUT2D eigenvalue weighted by molar-refractivity contribution is 6.43. The molecule has 0 spiro atoms. The Kier molecular flexibility index (Phi) is 6.14. The summed E-state index contributed by atoms with van der Waals surface area (Å²) in [5, 5.41) is 4.46. The molecule has 0 saturated carbocycles. The van der Waals surface area contributed by atoms with Crippen LogP contribution in [0.3, 0.4) is 0 Å². The largest absolute Gasteiger partial charge is 0.488 e. The molecular weight excluding hydrogens is 280 g/mol. The van der Waals surface area contributed by atoms with Crippen molar-refractivity contribution in [1.29, 1.82) is 0 Å². The highest BCUT2D eigenvalue weighted by Gasteiger charge is 2.10. The van der Waals surface area contributed by atoms with Crippen LogP contribution in [0.5, 0.6) is 5.75 Å². The molecular formula is C12H14Cl3NO. The Balaban J connectivity index is 2.61. The van der Waals surface area contributed by atoms with Gasteiger partial charge in [0.1, 0.15) is 11.9 Å². The Morgan fingerprint density at radius 2 is 1.94 bits per heavy atom. The lowest BCUT2D eigenvalue weighted by molar-refractivity contribution is 0.219. The Hall–Kier alpha value is -0.410. The molecule has 1 unspecified atom stereocenters. The van der Waals surface area contributed by atoms with Crippen LogP contribution in [0.2, 0.25) is 15.1 Å². The Bertz CT molecular complexity index is 396. The summed E-state index contributed by atoms with van der Waals surface area (Å²) in [7, 11) is 0. The molecule has 1 aromatic rings. The second-order valence-corrected chi connectivity index (χ2v) is 4.79. The van der Waals surface area contributed by atoms with Gasteiger partial charge in [0.25, 0.3) is 0 Å². The monoisotopic (exact) mass is 293 g/mol. The first-order valence-corrected chi connectivity index (χ1v) is 6.30. The molecule has 1 N–H and O–H groups in total. The minimum Gasteiger partial charge on any atom is -0.488 e. The van der Waals surface area contributed by atoms with Crippen LogP contribution in [-0.4, -0.2) is 19.2 Å². The van der Waals surface area contributed by atoms with E-state index in [0.717, 1.165) is 6.54 Å². The summed E-state index contributed by atoms with van der Waals surface area (Å²) < 4.78 is 5.66. The van der Waals surface area contributed by atoms with Gasteiger partial charge in [0.2, 0.25) is 0 Å². The first-order chi connectivity index (χ1) is 8.04. The Labute approximate surface area is 117 Å². The maximum Gasteiger partial charge on any atom is 0.139 e. The number of benzene rings is 1. The smallest absolute Gasteiger partial charge is 0.139 e. The van der Waals surface area contributed by atoms with E-state index < -0.39 is 0 Å². The molecule has 17 heavy (non-hydrogen) atoms. The highest BCUT2D eigenvalue weighted by Crippen LogP contribution is 2.34. The molecule has 1 rings (SSSR count). The molecule has 1 aromatic carbocycles. The molecule has 0 saturated heterocycles. The van der Waals surface area contributed by atoms with Crippen LogP contribution in [-0.2, 0) is 0 Å². The van der Waals surface area contributed by atoms with Crippen molar-refractivity contribution < 1.29 is 4.74 Å². The molecule has 0 amide bonds. The molecule has 0 aliphatic carbocycles. The summed E-state index contributed by atoms with van der Waals surface area (Å²) in [6.45, 7) is 7.00. The van der Waals surface area contributed by atoms with Crippen LogP contribution in [0, 0.1) is 0 Å². The van der Waals surface area contributed by atoms with Gasteiger partial charge in [-0.3, -0.25) is 0 Å². The maximum absolute atomic E-state index is 6.00. The predicted octanol–water partition coefficient (Wildman–Crippen LogP) is 4.19. The number of rotatable bonds is 6. The zero-order valence-electron chi connectivity index (χ0n) is 9.47. The molecule has 0 heterocycles. The van der Waals surface area contributed by atoms with Gasteiger partial charge in [-0.15, -0.1) is 6.58 Å². The van der Waals surface area contributed by atoms with Gasteiger partial charge in [-0.2, -0.15) is 0 Å². The number of hydrogen-bond donors (Lipinski definition) is 1. The van der Waals surface area contributed by atoms with Crippen LogP contribution < -0.4 is 10.1 Å². The Morgan fingerprint density at radius 3 is 2.59 bits per heavy atom. The van der Waals surface area contributed by atoms with Crippen molar-refractivity contribution in [3.8, 4) is 5.75 Å². The van der Waals surface area contributed by atoms with Crippen molar-refractivity contribution in [3.05, 3.63) is 39.9 Å². The topological polar surface area (TPSA) is 21.3 Å². The van der Waals surface area contributed by atoms with Gasteiger partial charge >= 0.3 is 0 Å². The summed E-state index contributed by atoms with van der Waals surface area (Å²) >= 11 is 17.7. The van der Waals surface area contributed by atoms with Gasteiger partial charge in [-0.05, 0) is 13.0 Å². The van der Waals surface area contributed by atoms with E-state index in [1.165, 1.54) is 0 Å². The summed E-state index contributed by atoms with van der Waals surface area (Å²) in [5.41, 5.74) is 0. The minimum absolute atomic E-state index is 0.0234. The SMILES string of the molecule is C=CCNCC(C)Oc1cc(Cl)c(Cl)cc1Cl. The van der Waals surface area contributed by atoms with E-state index in [2.05, 4.69) is 11.9 Å². The summed E-state index contributed by atoms with van der Waals surface area (Å²) in [6, 6.07) is 3.20.